The molecule has 0 N–H and O–H groups in total. The summed E-state index contributed by atoms with van der Waals surface area (Å²) in [4.78, 5) is 11.2. The lowest BCUT2D eigenvalue weighted by Crippen LogP contribution is -2.22. The maximum atomic E-state index is 11.8. The lowest BCUT2D eigenvalue weighted by atomic mass is 10.2. The summed E-state index contributed by atoms with van der Waals surface area (Å²) < 4.78 is 33.1. The average Bonchev–Trinajstić information content (AvgIpc) is 2.64. The van der Waals surface area contributed by atoms with Crippen molar-refractivity contribution in [1.29, 1.82) is 0 Å². The van der Waals surface area contributed by atoms with E-state index in [2.05, 4.69) is 4.74 Å². The number of hydrogen-bond donors (Lipinski definition) is 0. The van der Waals surface area contributed by atoms with E-state index in [-0.39, 0.29) is 17.9 Å². The van der Waals surface area contributed by atoms with Crippen LogP contribution >= 0.6 is 0 Å². The topological polar surface area (TPSA) is 69.7 Å². The molecule has 92 valence electrons. The third kappa shape index (κ3) is 2.65. The summed E-state index contributed by atoms with van der Waals surface area (Å²) in [6.07, 6.45) is -0.745. The lowest BCUT2D eigenvalue weighted by Gasteiger charge is -2.08. The van der Waals surface area contributed by atoms with Crippen molar-refractivity contribution in [3.8, 4) is 0 Å². The Balaban J connectivity index is 2.19. The van der Waals surface area contributed by atoms with Crippen LogP contribution in [0.3, 0.4) is 0 Å². The van der Waals surface area contributed by atoms with Crippen molar-refractivity contribution in [3.05, 3.63) is 29.8 Å². The van der Waals surface area contributed by atoms with Gasteiger partial charge in [0.25, 0.3) is 10.1 Å². The Morgan fingerprint density at radius 1 is 1.29 bits per heavy atom. The summed E-state index contributed by atoms with van der Waals surface area (Å²) in [5.41, 5.74) is 0.948. The number of cyclic esters (lactones) is 1. The van der Waals surface area contributed by atoms with Crippen molar-refractivity contribution in [2.45, 2.75) is 24.3 Å². The van der Waals surface area contributed by atoms with Gasteiger partial charge in [-0.05, 0) is 19.1 Å². The third-order valence-electron chi connectivity index (χ3n) is 2.44. The first-order valence-electron chi connectivity index (χ1n) is 5.16. The van der Waals surface area contributed by atoms with Crippen LogP contribution in [0.5, 0.6) is 0 Å². The van der Waals surface area contributed by atoms with Gasteiger partial charge in [-0.15, -0.1) is 0 Å². The van der Waals surface area contributed by atoms with E-state index in [1.165, 1.54) is 12.1 Å². The number of hydrogen-bond acceptors (Lipinski definition) is 5. The zero-order valence-corrected chi connectivity index (χ0v) is 10.1. The highest BCUT2D eigenvalue weighted by molar-refractivity contribution is 7.86. The van der Waals surface area contributed by atoms with Crippen molar-refractivity contribution in [2.75, 3.05) is 6.61 Å². The van der Waals surface area contributed by atoms with Crippen LogP contribution < -0.4 is 0 Å². The lowest BCUT2D eigenvalue weighted by molar-refractivity contribution is -0.143. The van der Waals surface area contributed by atoms with E-state index in [9.17, 15) is 13.2 Å². The molecule has 1 heterocycles. The highest BCUT2D eigenvalue weighted by Crippen LogP contribution is 2.19. The fourth-order valence-corrected chi connectivity index (χ4v) is 2.54. The predicted octanol–water partition coefficient (Wildman–Crippen LogP) is 1.02. The second-order valence-corrected chi connectivity index (χ2v) is 5.38. The second-order valence-electron chi connectivity index (χ2n) is 3.81. The maximum absolute atomic E-state index is 11.8. The van der Waals surface area contributed by atoms with Gasteiger partial charge in [-0.2, -0.15) is 8.42 Å². The SMILES string of the molecule is Cc1ccc(S(=O)(=O)OC2CCOC2=O)cc1. The van der Waals surface area contributed by atoms with E-state index in [1.54, 1.807) is 12.1 Å². The molecule has 0 spiro atoms. The first-order chi connectivity index (χ1) is 7.99. The van der Waals surface area contributed by atoms with E-state index in [0.29, 0.717) is 0 Å². The number of carbonyl (C=O) groups excluding carboxylic acids is 1. The molecule has 0 aliphatic carbocycles. The first-order valence-corrected chi connectivity index (χ1v) is 6.56. The monoisotopic (exact) mass is 256 g/mol. The minimum absolute atomic E-state index is 0.0443. The second kappa shape index (κ2) is 4.46. The zero-order valence-electron chi connectivity index (χ0n) is 9.25. The van der Waals surface area contributed by atoms with Crippen LogP contribution in [0.4, 0.5) is 0 Å². The van der Waals surface area contributed by atoms with Crippen LogP contribution in [0.2, 0.25) is 0 Å². The van der Waals surface area contributed by atoms with Crippen molar-refractivity contribution >= 4 is 16.1 Å². The molecule has 2 rings (SSSR count). The Morgan fingerprint density at radius 3 is 2.47 bits per heavy atom. The minimum atomic E-state index is -3.89. The van der Waals surface area contributed by atoms with Crippen molar-refractivity contribution in [2.24, 2.45) is 0 Å². The van der Waals surface area contributed by atoms with E-state index in [1.807, 2.05) is 6.92 Å². The Bertz CT molecular complexity index is 517. The third-order valence-corrected chi connectivity index (χ3v) is 3.77. The molecule has 1 aliphatic heterocycles. The molecule has 0 radical (unpaired) electrons. The normalized spacial score (nSPS) is 20.3. The van der Waals surface area contributed by atoms with E-state index < -0.39 is 22.2 Å². The van der Waals surface area contributed by atoms with E-state index in [4.69, 9.17) is 4.18 Å². The largest absolute Gasteiger partial charge is 0.464 e. The van der Waals surface area contributed by atoms with Crippen LogP contribution in [0.25, 0.3) is 0 Å². The molecule has 1 atom stereocenters. The quantitative estimate of drug-likeness (QED) is 0.596. The van der Waals surface area contributed by atoms with Crippen LogP contribution in [-0.2, 0) is 23.8 Å². The molecule has 1 fully saturated rings. The molecule has 1 aliphatic rings. The standard InChI is InChI=1S/C11H12O5S/c1-8-2-4-9(5-3-8)17(13,14)16-10-6-7-15-11(10)12/h2-5,10H,6-7H2,1H3. The Labute approximate surface area is 99.5 Å². The molecule has 1 unspecified atom stereocenters. The van der Waals surface area contributed by atoms with Gasteiger partial charge in [-0.25, -0.2) is 4.79 Å². The molecule has 0 aromatic heterocycles. The fraction of sp³-hybridized carbons (Fsp3) is 0.364. The van der Waals surface area contributed by atoms with E-state index in [0.717, 1.165) is 5.56 Å². The molecule has 0 amide bonds. The summed E-state index contributed by atoms with van der Waals surface area (Å²) in [6.45, 7) is 2.05. The number of rotatable bonds is 3. The van der Waals surface area contributed by atoms with Gasteiger partial charge in [-0.3, -0.25) is 4.18 Å². The Hall–Kier alpha value is -1.40. The molecule has 6 heteroatoms. The predicted molar refractivity (Wildman–Crippen MR) is 58.8 cm³/mol. The fourth-order valence-electron chi connectivity index (χ4n) is 1.48. The van der Waals surface area contributed by atoms with Crippen molar-refractivity contribution in [1.82, 2.24) is 0 Å². The molecule has 1 saturated heterocycles. The number of aryl methyl sites for hydroxylation is 1. The molecule has 0 bridgehead atoms. The number of esters is 1. The highest BCUT2D eigenvalue weighted by atomic mass is 32.2. The molecule has 17 heavy (non-hydrogen) atoms. The van der Waals surface area contributed by atoms with Gasteiger partial charge in [-0.1, -0.05) is 17.7 Å². The van der Waals surface area contributed by atoms with Gasteiger partial charge < -0.3 is 4.74 Å². The molecular formula is C11H12O5S. The van der Waals surface area contributed by atoms with Crippen LogP contribution in [-0.4, -0.2) is 27.1 Å². The maximum Gasteiger partial charge on any atom is 0.336 e. The molecular weight excluding hydrogens is 244 g/mol. The summed E-state index contributed by atoms with van der Waals surface area (Å²) in [5, 5.41) is 0. The van der Waals surface area contributed by atoms with Crippen LogP contribution in [0.1, 0.15) is 12.0 Å². The van der Waals surface area contributed by atoms with Crippen LogP contribution in [0, 0.1) is 6.92 Å². The first kappa shape index (κ1) is 12.1. The molecule has 1 aromatic rings. The number of benzene rings is 1. The van der Waals surface area contributed by atoms with Gasteiger partial charge in [0.05, 0.1) is 11.5 Å². The highest BCUT2D eigenvalue weighted by Gasteiger charge is 2.32. The zero-order chi connectivity index (χ0) is 12.5. The van der Waals surface area contributed by atoms with Gasteiger partial charge >= 0.3 is 5.97 Å². The molecule has 5 nitrogen and oxygen atoms in total. The number of carbonyl (C=O) groups is 1. The van der Waals surface area contributed by atoms with Crippen LogP contribution in [0.15, 0.2) is 29.2 Å². The summed E-state index contributed by atoms with van der Waals surface area (Å²) in [6, 6.07) is 6.24. The Morgan fingerprint density at radius 2 is 1.94 bits per heavy atom. The summed E-state index contributed by atoms with van der Waals surface area (Å²) >= 11 is 0. The van der Waals surface area contributed by atoms with Crippen molar-refractivity contribution in [3.63, 3.8) is 0 Å². The molecule has 1 aromatic carbocycles. The number of ether oxygens (including phenoxy) is 1. The van der Waals surface area contributed by atoms with Gasteiger partial charge in [0, 0.05) is 6.42 Å². The van der Waals surface area contributed by atoms with Gasteiger partial charge in [0.2, 0.25) is 0 Å². The smallest absolute Gasteiger partial charge is 0.336 e. The minimum Gasteiger partial charge on any atom is -0.464 e. The summed E-state index contributed by atoms with van der Waals surface area (Å²) in [5.74, 6) is -0.624. The summed E-state index contributed by atoms with van der Waals surface area (Å²) in [7, 11) is -3.89. The van der Waals surface area contributed by atoms with E-state index >= 15 is 0 Å². The van der Waals surface area contributed by atoms with Crippen molar-refractivity contribution < 1.29 is 22.1 Å². The van der Waals surface area contributed by atoms with Gasteiger partial charge in [0.1, 0.15) is 0 Å². The molecule has 0 saturated carbocycles. The Kier molecular flexibility index (Phi) is 3.17. The average molecular weight is 256 g/mol. The van der Waals surface area contributed by atoms with Gasteiger partial charge in [0.15, 0.2) is 6.10 Å².